The predicted molar refractivity (Wildman–Crippen MR) is 52.5 cm³/mol. The average molecular weight is 189 g/mol. The lowest BCUT2D eigenvalue weighted by molar-refractivity contribution is 0.330. The van der Waals surface area contributed by atoms with Crippen LogP contribution in [0.1, 0.15) is 11.1 Å². The smallest absolute Gasteiger partial charge is 0.399 e. The van der Waals surface area contributed by atoms with Crippen LogP contribution in [-0.2, 0) is 0 Å². The SMILES string of the molecule is Cc1ccc(Oc2ncco2)cc1C. The van der Waals surface area contributed by atoms with Gasteiger partial charge in [0.1, 0.15) is 12.0 Å². The van der Waals surface area contributed by atoms with E-state index in [9.17, 15) is 0 Å². The van der Waals surface area contributed by atoms with E-state index in [1.54, 1.807) is 6.20 Å². The Kier molecular flexibility index (Phi) is 2.23. The topological polar surface area (TPSA) is 35.3 Å². The van der Waals surface area contributed by atoms with Crippen LogP contribution in [0.2, 0.25) is 0 Å². The molecule has 0 bridgehead atoms. The molecule has 0 saturated heterocycles. The number of rotatable bonds is 2. The van der Waals surface area contributed by atoms with Crippen molar-refractivity contribution in [1.82, 2.24) is 4.98 Å². The lowest BCUT2D eigenvalue weighted by atomic mass is 10.1. The molecule has 0 fully saturated rings. The Balaban J connectivity index is 2.22. The first-order chi connectivity index (χ1) is 6.75. The Bertz CT molecular complexity index is 421. The van der Waals surface area contributed by atoms with E-state index in [-0.39, 0.29) is 6.08 Å². The van der Waals surface area contributed by atoms with E-state index in [4.69, 9.17) is 9.15 Å². The molecule has 0 amide bonds. The summed E-state index contributed by atoms with van der Waals surface area (Å²) in [5.74, 6) is 0.746. The highest BCUT2D eigenvalue weighted by atomic mass is 16.6. The van der Waals surface area contributed by atoms with Gasteiger partial charge in [0.05, 0.1) is 6.20 Å². The average Bonchev–Trinajstić information content (AvgIpc) is 2.64. The molecule has 1 aromatic heterocycles. The second-order valence-corrected chi connectivity index (χ2v) is 3.15. The summed E-state index contributed by atoms with van der Waals surface area (Å²) in [4.78, 5) is 3.87. The van der Waals surface area contributed by atoms with Gasteiger partial charge in [0.15, 0.2) is 0 Å². The molecule has 0 aliphatic heterocycles. The predicted octanol–water partition coefficient (Wildman–Crippen LogP) is 3.08. The van der Waals surface area contributed by atoms with Gasteiger partial charge < -0.3 is 9.15 Å². The quantitative estimate of drug-likeness (QED) is 0.728. The molecule has 0 aliphatic carbocycles. The molecule has 72 valence electrons. The first-order valence-electron chi connectivity index (χ1n) is 4.40. The summed E-state index contributed by atoms with van der Waals surface area (Å²) in [5, 5.41) is 0. The van der Waals surface area contributed by atoms with Gasteiger partial charge in [0.2, 0.25) is 0 Å². The van der Waals surface area contributed by atoms with Crippen LogP contribution in [0.15, 0.2) is 35.1 Å². The van der Waals surface area contributed by atoms with Crippen LogP contribution in [0.4, 0.5) is 0 Å². The zero-order valence-electron chi connectivity index (χ0n) is 8.15. The third-order valence-electron chi connectivity index (χ3n) is 2.09. The molecule has 3 nitrogen and oxygen atoms in total. The van der Waals surface area contributed by atoms with E-state index < -0.39 is 0 Å². The molecule has 0 spiro atoms. The number of benzene rings is 1. The third kappa shape index (κ3) is 1.76. The number of aromatic nitrogens is 1. The lowest BCUT2D eigenvalue weighted by Gasteiger charge is -2.03. The summed E-state index contributed by atoms with van der Waals surface area (Å²) >= 11 is 0. The molecule has 14 heavy (non-hydrogen) atoms. The first-order valence-corrected chi connectivity index (χ1v) is 4.40. The van der Waals surface area contributed by atoms with Crippen molar-refractivity contribution in [2.45, 2.75) is 13.8 Å². The van der Waals surface area contributed by atoms with Gasteiger partial charge in [-0.1, -0.05) is 6.07 Å². The highest BCUT2D eigenvalue weighted by molar-refractivity contribution is 5.34. The summed E-state index contributed by atoms with van der Waals surface area (Å²) in [7, 11) is 0. The number of ether oxygens (including phenoxy) is 1. The standard InChI is InChI=1S/C11H11NO2/c1-8-3-4-10(7-9(8)2)14-11-12-5-6-13-11/h3-7H,1-2H3. The van der Waals surface area contributed by atoms with Crippen molar-refractivity contribution < 1.29 is 9.15 Å². The van der Waals surface area contributed by atoms with Gasteiger partial charge in [0.25, 0.3) is 0 Å². The molecule has 1 heterocycles. The van der Waals surface area contributed by atoms with Gasteiger partial charge in [-0.3, -0.25) is 0 Å². The normalized spacial score (nSPS) is 10.1. The van der Waals surface area contributed by atoms with Crippen molar-refractivity contribution in [3.63, 3.8) is 0 Å². The zero-order chi connectivity index (χ0) is 9.97. The molecule has 3 heteroatoms. The summed E-state index contributed by atoms with van der Waals surface area (Å²) in [6.45, 7) is 4.10. The van der Waals surface area contributed by atoms with Crippen LogP contribution in [-0.4, -0.2) is 4.98 Å². The Morgan fingerprint density at radius 3 is 2.71 bits per heavy atom. The van der Waals surface area contributed by atoms with Crippen molar-refractivity contribution >= 4 is 0 Å². The van der Waals surface area contributed by atoms with Crippen molar-refractivity contribution in [3.05, 3.63) is 41.8 Å². The maximum atomic E-state index is 5.38. The molecule has 0 atom stereocenters. The molecule has 0 saturated carbocycles. The Morgan fingerprint density at radius 1 is 1.21 bits per heavy atom. The fraction of sp³-hybridized carbons (Fsp3) is 0.182. The molecular formula is C11H11NO2. The molecule has 0 radical (unpaired) electrons. The van der Waals surface area contributed by atoms with Crippen molar-refractivity contribution in [3.8, 4) is 11.8 Å². The van der Waals surface area contributed by atoms with Gasteiger partial charge in [-0.05, 0) is 37.1 Å². The molecule has 0 N–H and O–H groups in total. The van der Waals surface area contributed by atoms with Crippen molar-refractivity contribution in [1.29, 1.82) is 0 Å². The molecule has 0 aliphatic rings. The van der Waals surface area contributed by atoms with E-state index in [2.05, 4.69) is 11.9 Å². The monoisotopic (exact) mass is 189 g/mol. The number of hydrogen-bond acceptors (Lipinski definition) is 3. The van der Waals surface area contributed by atoms with Gasteiger partial charge in [-0.2, -0.15) is 4.98 Å². The van der Waals surface area contributed by atoms with Gasteiger partial charge >= 0.3 is 6.08 Å². The lowest BCUT2D eigenvalue weighted by Crippen LogP contribution is -1.86. The van der Waals surface area contributed by atoms with E-state index in [0.29, 0.717) is 0 Å². The van der Waals surface area contributed by atoms with Crippen molar-refractivity contribution in [2.75, 3.05) is 0 Å². The Labute approximate surface area is 82.3 Å². The van der Waals surface area contributed by atoms with E-state index in [1.165, 1.54) is 17.4 Å². The second-order valence-electron chi connectivity index (χ2n) is 3.15. The van der Waals surface area contributed by atoms with Gasteiger partial charge in [-0.25, -0.2) is 0 Å². The molecular weight excluding hydrogens is 178 g/mol. The van der Waals surface area contributed by atoms with Crippen LogP contribution >= 0.6 is 0 Å². The summed E-state index contributed by atoms with van der Waals surface area (Å²) in [6.07, 6.45) is 3.31. The summed E-state index contributed by atoms with van der Waals surface area (Å²) in [5.41, 5.74) is 2.43. The first kappa shape index (κ1) is 8.81. The highest BCUT2D eigenvalue weighted by Crippen LogP contribution is 2.21. The van der Waals surface area contributed by atoms with Gasteiger partial charge in [0, 0.05) is 0 Å². The van der Waals surface area contributed by atoms with Crippen LogP contribution in [0.3, 0.4) is 0 Å². The molecule has 2 rings (SSSR count). The number of aryl methyl sites for hydroxylation is 2. The fourth-order valence-electron chi connectivity index (χ4n) is 1.14. The zero-order valence-corrected chi connectivity index (χ0v) is 8.15. The number of hydrogen-bond donors (Lipinski definition) is 0. The van der Waals surface area contributed by atoms with Gasteiger partial charge in [-0.15, -0.1) is 0 Å². The maximum Gasteiger partial charge on any atom is 0.399 e. The third-order valence-corrected chi connectivity index (χ3v) is 2.09. The Hall–Kier alpha value is -1.77. The fourth-order valence-corrected chi connectivity index (χ4v) is 1.14. The number of oxazole rings is 1. The van der Waals surface area contributed by atoms with Crippen LogP contribution in [0, 0.1) is 13.8 Å². The molecule has 1 aromatic carbocycles. The minimum absolute atomic E-state index is 0.272. The van der Waals surface area contributed by atoms with E-state index >= 15 is 0 Å². The summed E-state index contributed by atoms with van der Waals surface area (Å²) in [6, 6.07) is 5.86. The highest BCUT2D eigenvalue weighted by Gasteiger charge is 2.01. The number of nitrogens with zero attached hydrogens (tertiary/aromatic N) is 1. The Morgan fingerprint density at radius 2 is 2.07 bits per heavy atom. The molecule has 2 aromatic rings. The van der Waals surface area contributed by atoms with Crippen LogP contribution in [0.25, 0.3) is 0 Å². The van der Waals surface area contributed by atoms with E-state index in [1.807, 2.05) is 25.1 Å². The molecule has 0 unspecified atom stereocenters. The summed E-state index contributed by atoms with van der Waals surface area (Å²) < 4.78 is 10.4. The van der Waals surface area contributed by atoms with Crippen LogP contribution < -0.4 is 4.74 Å². The minimum atomic E-state index is 0.272. The maximum absolute atomic E-state index is 5.38. The minimum Gasteiger partial charge on any atom is -0.417 e. The van der Waals surface area contributed by atoms with Crippen molar-refractivity contribution in [2.24, 2.45) is 0 Å². The largest absolute Gasteiger partial charge is 0.417 e. The van der Waals surface area contributed by atoms with Crippen LogP contribution in [0.5, 0.6) is 11.8 Å². The van der Waals surface area contributed by atoms with E-state index in [0.717, 1.165) is 5.75 Å². The second kappa shape index (κ2) is 3.54.